The lowest BCUT2D eigenvalue weighted by Crippen LogP contribution is -2.40. The molecule has 1 aliphatic rings. The first-order chi connectivity index (χ1) is 16.0. The normalized spacial score (nSPS) is 15.9. The Balaban J connectivity index is 0.00000274. The molecule has 0 aliphatic carbocycles. The number of fused-ring (bicyclic) bond motifs is 1. The number of rotatable bonds is 5. The number of halogens is 1. The molecule has 7 nitrogen and oxygen atoms in total. The summed E-state index contributed by atoms with van der Waals surface area (Å²) in [6.07, 6.45) is 2.20. The summed E-state index contributed by atoms with van der Waals surface area (Å²) in [6.45, 7) is 8.80. The van der Waals surface area contributed by atoms with Crippen LogP contribution >= 0.6 is 12.4 Å². The third kappa shape index (κ3) is 4.63. The summed E-state index contributed by atoms with van der Waals surface area (Å²) in [5.41, 5.74) is 4.92. The maximum absolute atomic E-state index is 13.4. The molecule has 1 fully saturated rings. The fraction of sp³-hybridized carbons (Fsp3) is 0.385. The van der Waals surface area contributed by atoms with E-state index < -0.39 is 0 Å². The number of hydrogen-bond donors (Lipinski definition) is 1. The molecule has 0 radical (unpaired) electrons. The monoisotopic (exact) mass is 478 g/mol. The molecule has 1 atom stereocenters. The van der Waals surface area contributed by atoms with E-state index in [0.717, 1.165) is 48.0 Å². The number of H-pyrrole nitrogens is 1. The van der Waals surface area contributed by atoms with Gasteiger partial charge in [0, 0.05) is 5.56 Å². The van der Waals surface area contributed by atoms with E-state index >= 15 is 0 Å². The molecular formula is C26H31ClN6O. The van der Waals surface area contributed by atoms with Crippen LogP contribution in [0.4, 0.5) is 0 Å². The van der Waals surface area contributed by atoms with E-state index in [9.17, 15) is 4.79 Å². The maximum Gasteiger partial charge on any atom is 0.253 e. The van der Waals surface area contributed by atoms with Crippen molar-refractivity contribution in [3.8, 4) is 0 Å². The van der Waals surface area contributed by atoms with Gasteiger partial charge >= 0.3 is 0 Å². The van der Waals surface area contributed by atoms with Crippen molar-refractivity contribution in [1.29, 1.82) is 0 Å². The van der Waals surface area contributed by atoms with E-state index in [4.69, 9.17) is 0 Å². The van der Waals surface area contributed by atoms with E-state index in [-0.39, 0.29) is 24.0 Å². The molecule has 1 aliphatic heterocycles. The highest BCUT2D eigenvalue weighted by molar-refractivity contribution is 5.85. The van der Waals surface area contributed by atoms with Gasteiger partial charge in [0.2, 0.25) is 0 Å². The topological polar surface area (TPSA) is 79.7 Å². The lowest BCUT2D eigenvalue weighted by Gasteiger charge is -2.36. The van der Waals surface area contributed by atoms with E-state index in [2.05, 4.69) is 70.4 Å². The predicted molar refractivity (Wildman–Crippen MR) is 136 cm³/mol. The van der Waals surface area contributed by atoms with Crippen LogP contribution in [-0.4, -0.2) is 43.2 Å². The lowest BCUT2D eigenvalue weighted by molar-refractivity contribution is 0.149. The number of likely N-dealkylation sites (tertiary alicyclic amines) is 1. The Labute approximate surface area is 205 Å². The molecule has 0 amide bonds. The molecule has 1 N–H and O–H groups in total. The highest BCUT2D eigenvalue weighted by Crippen LogP contribution is 2.31. The molecule has 0 bridgehead atoms. The first-order valence-corrected chi connectivity index (χ1v) is 11.7. The van der Waals surface area contributed by atoms with Crippen LogP contribution in [0.25, 0.3) is 10.9 Å². The summed E-state index contributed by atoms with van der Waals surface area (Å²) < 4.78 is 1.84. The fourth-order valence-electron chi connectivity index (χ4n) is 4.81. The number of benzene rings is 2. The molecule has 4 aromatic rings. The van der Waals surface area contributed by atoms with Crippen LogP contribution in [0.5, 0.6) is 0 Å². The minimum absolute atomic E-state index is 0. The third-order valence-electron chi connectivity index (χ3n) is 7.04. The Morgan fingerprint density at radius 2 is 1.82 bits per heavy atom. The highest BCUT2D eigenvalue weighted by atomic mass is 35.5. The summed E-state index contributed by atoms with van der Waals surface area (Å²) in [7, 11) is 0. The first kappa shape index (κ1) is 24.1. The fourth-order valence-corrected chi connectivity index (χ4v) is 4.81. The molecule has 34 heavy (non-hydrogen) atoms. The number of tetrazole rings is 1. The Morgan fingerprint density at radius 3 is 2.56 bits per heavy atom. The van der Waals surface area contributed by atoms with E-state index in [1.54, 1.807) is 0 Å². The summed E-state index contributed by atoms with van der Waals surface area (Å²) >= 11 is 0. The van der Waals surface area contributed by atoms with Crippen molar-refractivity contribution in [2.75, 3.05) is 13.1 Å². The van der Waals surface area contributed by atoms with Crippen LogP contribution in [0.1, 0.15) is 53.9 Å². The smallest absolute Gasteiger partial charge is 0.253 e. The van der Waals surface area contributed by atoms with Crippen molar-refractivity contribution in [2.45, 2.75) is 46.2 Å². The highest BCUT2D eigenvalue weighted by Gasteiger charge is 2.32. The van der Waals surface area contributed by atoms with Crippen LogP contribution in [-0.2, 0) is 6.54 Å². The molecule has 3 heterocycles. The predicted octanol–water partition coefficient (Wildman–Crippen LogP) is 4.42. The lowest BCUT2D eigenvalue weighted by atomic mass is 9.95. The van der Waals surface area contributed by atoms with Crippen LogP contribution in [0, 0.1) is 19.8 Å². The van der Waals surface area contributed by atoms with Gasteiger partial charge in [0.05, 0.1) is 12.1 Å². The largest absolute Gasteiger partial charge is 0.321 e. The van der Waals surface area contributed by atoms with Crippen molar-refractivity contribution >= 4 is 23.3 Å². The van der Waals surface area contributed by atoms with Crippen LogP contribution in [0.3, 0.4) is 0 Å². The molecule has 178 valence electrons. The van der Waals surface area contributed by atoms with E-state index in [1.165, 1.54) is 5.56 Å². The summed E-state index contributed by atoms with van der Waals surface area (Å²) in [4.78, 5) is 19.0. The molecule has 1 saturated heterocycles. The van der Waals surface area contributed by atoms with Crippen molar-refractivity contribution in [3.05, 3.63) is 87.0 Å². The first-order valence-electron chi connectivity index (χ1n) is 11.7. The van der Waals surface area contributed by atoms with Gasteiger partial charge < -0.3 is 4.98 Å². The summed E-state index contributed by atoms with van der Waals surface area (Å²) in [5, 5.41) is 13.8. The van der Waals surface area contributed by atoms with Gasteiger partial charge in [-0.1, -0.05) is 49.4 Å². The van der Waals surface area contributed by atoms with Crippen LogP contribution < -0.4 is 5.56 Å². The number of aromatic amines is 1. The van der Waals surface area contributed by atoms with Crippen molar-refractivity contribution in [2.24, 2.45) is 5.92 Å². The molecule has 2 aromatic carbocycles. The molecule has 8 heteroatoms. The third-order valence-corrected chi connectivity index (χ3v) is 7.04. The number of piperidine rings is 1. The number of nitrogens with one attached hydrogen (secondary N) is 1. The number of pyridine rings is 1. The van der Waals surface area contributed by atoms with Gasteiger partial charge in [-0.3, -0.25) is 9.69 Å². The quantitative estimate of drug-likeness (QED) is 0.459. The van der Waals surface area contributed by atoms with Crippen molar-refractivity contribution < 1.29 is 0 Å². The molecule has 5 rings (SSSR count). The van der Waals surface area contributed by atoms with Gasteiger partial charge in [-0.25, -0.2) is 4.68 Å². The van der Waals surface area contributed by atoms with Gasteiger partial charge in [-0.2, -0.15) is 0 Å². The zero-order valence-electron chi connectivity index (χ0n) is 19.9. The number of aryl methyl sites for hydroxylation is 2. The van der Waals surface area contributed by atoms with Gasteiger partial charge in [-0.15, -0.1) is 17.5 Å². The Morgan fingerprint density at radius 1 is 1.09 bits per heavy atom. The zero-order valence-corrected chi connectivity index (χ0v) is 20.7. The van der Waals surface area contributed by atoms with Crippen LogP contribution in [0.2, 0.25) is 0 Å². The SMILES string of the molecule is Cc1ccc2cc(C(c3nnnn3Cc3ccccc3)N3CCC(C)CC3)c(=O)[nH]c2c1C.Cl. The van der Waals surface area contributed by atoms with Crippen LogP contribution in [0.15, 0.2) is 53.3 Å². The molecular weight excluding hydrogens is 448 g/mol. The van der Waals surface area contributed by atoms with Crippen molar-refractivity contribution in [1.82, 2.24) is 30.1 Å². The maximum atomic E-state index is 13.4. The average molecular weight is 479 g/mol. The number of nitrogens with zero attached hydrogens (tertiary/aromatic N) is 5. The average Bonchev–Trinajstić information content (AvgIpc) is 3.27. The zero-order chi connectivity index (χ0) is 22.9. The molecule has 0 spiro atoms. The second-order valence-corrected chi connectivity index (χ2v) is 9.33. The van der Waals surface area contributed by atoms with E-state index in [0.29, 0.717) is 23.9 Å². The Bertz CT molecular complexity index is 1320. The van der Waals surface area contributed by atoms with Gasteiger partial charge in [0.15, 0.2) is 5.82 Å². The minimum atomic E-state index is -0.300. The van der Waals surface area contributed by atoms with E-state index in [1.807, 2.05) is 28.9 Å². The van der Waals surface area contributed by atoms with Crippen molar-refractivity contribution in [3.63, 3.8) is 0 Å². The minimum Gasteiger partial charge on any atom is -0.321 e. The summed E-state index contributed by atoms with van der Waals surface area (Å²) in [6, 6.07) is 16.1. The number of hydrogen-bond acceptors (Lipinski definition) is 5. The van der Waals surface area contributed by atoms with Gasteiger partial charge in [0.1, 0.15) is 6.04 Å². The Kier molecular flexibility index (Phi) is 7.14. The second kappa shape index (κ2) is 10.1. The molecule has 0 saturated carbocycles. The van der Waals surface area contributed by atoms with Gasteiger partial charge in [-0.05, 0) is 84.3 Å². The second-order valence-electron chi connectivity index (χ2n) is 9.33. The summed E-state index contributed by atoms with van der Waals surface area (Å²) in [5.74, 6) is 1.39. The standard InChI is InChI=1S/C26H30N6O.ClH/c1-17-11-13-31(14-12-17)24(25-28-29-30-32(25)16-20-7-5-4-6-8-20)22-15-21-10-9-18(2)19(3)23(21)27-26(22)33;/h4-10,15,17,24H,11-14,16H2,1-3H3,(H,27,33);1H. The molecule has 2 aromatic heterocycles. The number of aromatic nitrogens is 5. The molecule has 1 unspecified atom stereocenters. The van der Waals surface area contributed by atoms with Gasteiger partial charge in [0.25, 0.3) is 5.56 Å². The Hall–Kier alpha value is -3.03.